The van der Waals surface area contributed by atoms with Gasteiger partial charge in [-0.15, -0.1) is 0 Å². The van der Waals surface area contributed by atoms with Crippen molar-refractivity contribution in [2.24, 2.45) is 11.1 Å². The fraction of sp³-hybridized carbons (Fsp3) is 1.00. The van der Waals surface area contributed by atoms with Gasteiger partial charge in [0.25, 0.3) is 5.92 Å². The molecule has 0 bridgehead atoms. The van der Waals surface area contributed by atoms with Crippen LogP contribution in [0, 0.1) is 5.41 Å². The Bertz CT molecular complexity index is 206. The van der Waals surface area contributed by atoms with E-state index in [-0.39, 0.29) is 12.0 Å². The number of nitrogens with one attached hydrogen (secondary N) is 1. The molecule has 1 rings (SSSR count). The molecule has 0 radical (unpaired) electrons. The van der Waals surface area contributed by atoms with Crippen LogP contribution < -0.4 is 11.1 Å². The minimum Gasteiger partial charge on any atom is -0.381 e. The zero-order valence-corrected chi connectivity index (χ0v) is 9.90. The average Bonchev–Trinajstić information content (AvgIpc) is 2.30. The van der Waals surface area contributed by atoms with Gasteiger partial charge in [0.15, 0.2) is 0 Å². The van der Waals surface area contributed by atoms with Crippen molar-refractivity contribution in [3.05, 3.63) is 0 Å². The van der Waals surface area contributed by atoms with Crippen LogP contribution in [0.25, 0.3) is 0 Å². The highest BCUT2D eigenvalue weighted by molar-refractivity contribution is 4.84. The van der Waals surface area contributed by atoms with E-state index in [9.17, 15) is 8.78 Å². The van der Waals surface area contributed by atoms with Crippen molar-refractivity contribution < 1.29 is 13.5 Å². The minimum atomic E-state index is -2.79. The predicted molar refractivity (Wildman–Crippen MR) is 59.6 cm³/mol. The zero-order chi connectivity index (χ0) is 12.1. The molecule has 1 heterocycles. The van der Waals surface area contributed by atoms with Gasteiger partial charge in [0.2, 0.25) is 0 Å². The Morgan fingerprint density at radius 1 is 1.38 bits per heavy atom. The van der Waals surface area contributed by atoms with Crippen LogP contribution in [0.1, 0.15) is 26.2 Å². The fourth-order valence-electron chi connectivity index (χ4n) is 2.04. The number of hydrogen-bond donors (Lipinski definition) is 2. The molecular weight excluding hydrogens is 214 g/mol. The van der Waals surface area contributed by atoms with Gasteiger partial charge in [-0.3, -0.25) is 0 Å². The second kappa shape index (κ2) is 5.89. The molecule has 3 N–H and O–H groups in total. The summed E-state index contributed by atoms with van der Waals surface area (Å²) < 4.78 is 31.1. The number of nitrogens with two attached hydrogens (primary N) is 1. The molecule has 1 fully saturated rings. The van der Waals surface area contributed by atoms with Crippen LogP contribution in [0.2, 0.25) is 0 Å². The van der Waals surface area contributed by atoms with E-state index in [0.29, 0.717) is 6.54 Å². The van der Waals surface area contributed by atoms with Crippen LogP contribution in [0.5, 0.6) is 0 Å². The summed E-state index contributed by atoms with van der Waals surface area (Å²) in [7, 11) is 0. The first kappa shape index (κ1) is 13.8. The SMILES string of the molecule is CCC1(CNCC(F)(F)CN)CCOCC1. The Kier molecular flexibility index (Phi) is 5.08. The summed E-state index contributed by atoms with van der Waals surface area (Å²) in [5, 5.41) is 2.85. The van der Waals surface area contributed by atoms with Crippen molar-refractivity contribution in [2.45, 2.75) is 32.1 Å². The van der Waals surface area contributed by atoms with E-state index in [4.69, 9.17) is 10.5 Å². The van der Waals surface area contributed by atoms with Gasteiger partial charge < -0.3 is 15.8 Å². The summed E-state index contributed by atoms with van der Waals surface area (Å²) in [4.78, 5) is 0. The van der Waals surface area contributed by atoms with Crippen molar-refractivity contribution in [2.75, 3.05) is 32.8 Å². The van der Waals surface area contributed by atoms with E-state index in [1.807, 2.05) is 0 Å². The van der Waals surface area contributed by atoms with E-state index in [0.717, 1.165) is 32.5 Å². The van der Waals surface area contributed by atoms with E-state index in [2.05, 4.69) is 12.2 Å². The van der Waals surface area contributed by atoms with Gasteiger partial charge in [-0.2, -0.15) is 0 Å². The van der Waals surface area contributed by atoms with Crippen LogP contribution in [-0.4, -0.2) is 38.8 Å². The quantitative estimate of drug-likeness (QED) is 0.732. The Labute approximate surface area is 95.7 Å². The third-order valence-electron chi connectivity index (χ3n) is 3.49. The molecule has 0 spiro atoms. The predicted octanol–water partition coefficient (Wildman–Crippen LogP) is 1.38. The number of rotatable bonds is 6. The first-order valence-electron chi connectivity index (χ1n) is 5.90. The largest absolute Gasteiger partial charge is 0.381 e. The number of ether oxygens (including phenoxy) is 1. The molecule has 0 atom stereocenters. The van der Waals surface area contributed by atoms with E-state index in [1.54, 1.807) is 0 Å². The Morgan fingerprint density at radius 2 is 2.00 bits per heavy atom. The maximum Gasteiger partial charge on any atom is 0.272 e. The molecule has 1 saturated heterocycles. The third-order valence-corrected chi connectivity index (χ3v) is 3.49. The highest BCUT2D eigenvalue weighted by Gasteiger charge is 2.32. The zero-order valence-electron chi connectivity index (χ0n) is 9.90. The second-order valence-corrected chi connectivity index (χ2v) is 4.63. The summed E-state index contributed by atoms with van der Waals surface area (Å²) in [6, 6.07) is 0. The van der Waals surface area contributed by atoms with Gasteiger partial charge in [0.05, 0.1) is 13.1 Å². The Balaban J connectivity index is 2.33. The van der Waals surface area contributed by atoms with Crippen LogP contribution in [-0.2, 0) is 4.74 Å². The molecule has 0 aliphatic carbocycles. The summed E-state index contributed by atoms with van der Waals surface area (Å²) >= 11 is 0. The third kappa shape index (κ3) is 3.96. The molecule has 0 aromatic heterocycles. The summed E-state index contributed by atoms with van der Waals surface area (Å²) in [5.41, 5.74) is 5.11. The van der Waals surface area contributed by atoms with Gasteiger partial charge in [0.1, 0.15) is 0 Å². The molecule has 0 amide bonds. The lowest BCUT2D eigenvalue weighted by molar-refractivity contribution is -0.00670. The first-order chi connectivity index (χ1) is 7.54. The molecule has 3 nitrogen and oxygen atoms in total. The summed E-state index contributed by atoms with van der Waals surface area (Å²) in [6.07, 6.45) is 2.90. The Morgan fingerprint density at radius 3 is 2.50 bits per heavy atom. The number of alkyl halides is 2. The normalized spacial score (nSPS) is 21.0. The second-order valence-electron chi connectivity index (χ2n) is 4.63. The number of hydrogen-bond acceptors (Lipinski definition) is 3. The van der Waals surface area contributed by atoms with Crippen molar-refractivity contribution in [3.8, 4) is 0 Å². The van der Waals surface area contributed by atoms with Gasteiger partial charge in [0, 0.05) is 19.8 Å². The molecule has 0 saturated carbocycles. The molecule has 16 heavy (non-hydrogen) atoms. The van der Waals surface area contributed by atoms with Crippen LogP contribution in [0.4, 0.5) is 8.78 Å². The maximum atomic E-state index is 12.9. The van der Waals surface area contributed by atoms with Gasteiger partial charge in [-0.05, 0) is 24.7 Å². The minimum absolute atomic E-state index is 0.128. The lowest BCUT2D eigenvalue weighted by Crippen LogP contribution is -2.45. The molecule has 1 aliphatic rings. The molecule has 0 aromatic rings. The molecule has 0 unspecified atom stereocenters. The molecule has 5 heteroatoms. The standard InChI is InChI=1S/C11H22F2N2O/c1-2-10(3-5-16-6-4-10)8-15-9-11(12,13)7-14/h15H,2-9,14H2,1H3. The van der Waals surface area contributed by atoms with E-state index >= 15 is 0 Å². The van der Waals surface area contributed by atoms with Crippen molar-refractivity contribution in [1.82, 2.24) is 5.32 Å². The van der Waals surface area contributed by atoms with Gasteiger partial charge >= 0.3 is 0 Å². The summed E-state index contributed by atoms with van der Waals surface area (Å²) in [6.45, 7) is 3.29. The first-order valence-corrected chi connectivity index (χ1v) is 5.90. The maximum absolute atomic E-state index is 12.9. The van der Waals surface area contributed by atoms with E-state index < -0.39 is 12.5 Å². The average molecular weight is 236 g/mol. The van der Waals surface area contributed by atoms with Gasteiger partial charge in [-0.1, -0.05) is 6.92 Å². The van der Waals surface area contributed by atoms with E-state index in [1.165, 1.54) is 0 Å². The van der Waals surface area contributed by atoms with Crippen LogP contribution in [0.15, 0.2) is 0 Å². The topological polar surface area (TPSA) is 47.3 Å². The Hall–Kier alpha value is -0.260. The molecule has 1 aliphatic heterocycles. The highest BCUT2D eigenvalue weighted by atomic mass is 19.3. The van der Waals surface area contributed by atoms with Crippen LogP contribution in [0.3, 0.4) is 0 Å². The van der Waals surface area contributed by atoms with Gasteiger partial charge in [-0.25, -0.2) is 8.78 Å². The number of halogens is 2. The summed E-state index contributed by atoms with van der Waals surface area (Å²) in [5.74, 6) is -2.79. The van der Waals surface area contributed by atoms with Crippen LogP contribution >= 0.6 is 0 Å². The molecular formula is C11H22F2N2O. The lowest BCUT2D eigenvalue weighted by atomic mass is 9.78. The van der Waals surface area contributed by atoms with Crippen molar-refractivity contribution in [3.63, 3.8) is 0 Å². The van der Waals surface area contributed by atoms with Crippen molar-refractivity contribution >= 4 is 0 Å². The smallest absolute Gasteiger partial charge is 0.272 e. The fourth-order valence-corrected chi connectivity index (χ4v) is 2.04. The monoisotopic (exact) mass is 236 g/mol. The lowest BCUT2D eigenvalue weighted by Gasteiger charge is -2.37. The molecule has 0 aromatic carbocycles. The highest BCUT2D eigenvalue weighted by Crippen LogP contribution is 2.33. The molecule has 96 valence electrons. The van der Waals surface area contributed by atoms with Crippen molar-refractivity contribution in [1.29, 1.82) is 0 Å².